The first-order chi connectivity index (χ1) is 10.1. The molecule has 0 saturated heterocycles. The predicted molar refractivity (Wildman–Crippen MR) is 86.5 cm³/mol. The number of hydrogen-bond donors (Lipinski definition) is 2. The van der Waals surface area contributed by atoms with E-state index in [0.717, 1.165) is 24.1 Å². The standard InChI is InChI=1S/C16H17Cl2NO2/c1-21-14-5-3-12(16(20)9-14)10-19-7-6-11-2-4-13(17)8-15(11)18/h2-5,8-9,19-20H,6-7,10H2,1H3. The highest BCUT2D eigenvalue weighted by atomic mass is 35.5. The molecule has 0 aromatic heterocycles. The summed E-state index contributed by atoms with van der Waals surface area (Å²) < 4.78 is 5.05. The van der Waals surface area contributed by atoms with Crippen molar-refractivity contribution in [1.82, 2.24) is 5.32 Å². The van der Waals surface area contributed by atoms with E-state index in [1.165, 1.54) is 0 Å². The molecule has 0 atom stereocenters. The first kappa shape index (κ1) is 16.0. The summed E-state index contributed by atoms with van der Waals surface area (Å²) in [6, 6.07) is 10.8. The SMILES string of the molecule is COc1ccc(CNCCc2ccc(Cl)cc2Cl)c(O)c1. The average Bonchev–Trinajstić information content (AvgIpc) is 2.46. The Bertz CT molecular complexity index is 617. The highest BCUT2D eigenvalue weighted by molar-refractivity contribution is 6.35. The van der Waals surface area contributed by atoms with Gasteiger partial charge in [0.05, 0.1) is 7.11 Å². The monoisotopic (exact) mass is 325 g/mol. The predicted octanol–water partition coefficient (Wildman–Crippen LogP) is 4.04. The van der Waals surface area contributed by atoms with Crippen LogP contribution in [0, 0.1) is 0 Å². The lowest BCUT2D eigenvalue weighted by Crippen LogP contribution is -2.16. The summed E-state index contributed by atoms with van der Waals surface area (Å²) in [5, 5.41) is 14.5. The Morgan fingerprint density at radius 3 is 2.52 bits per heavy atom. The molecule has 0 saturated carbocycles. The molecule has 2 N–H and O–H groups in total. The minimum Gasteiger partial charge on any atom is -0.507 e. The van der Waals surface area contributed by atoms with Gasteiger partial charge in [-0.2, -0.15) is 0 Å². The van der Waals surface area contributed by atoms with Gasteiger partial charge in [0.25, 0.3) is 0 Å². The smallest absolute Gasteiger partial charge is 0.123 e. The van der Waals surface area contributed by atoms with Crippen LogP contribution in [0.15, 0.2) is 36.4 Å². The Morgan fingerprint density at radius 2 is 1.86 bits per heavy atom. The molecule has 0 aliphatic rings. The Balaban J connectivity index is 1.84. The molecule has 0 bridgehead atoms. The number of benzene rings is 2. The fraction of sp³-hybridized carbons (Fsp3) is 0.250. The lowest BCUT2D eigenvalue weighted by Gasteiger charge is -2.09. The van der Waals surface area contributed by atoms with Gasteiger partial charge in [-0.25, -0.2) is 0 Å². The zero-order chi connectivity index (χ0) is 15.2. The van der Waals surface area contributed by atoms with E-state index in [9.17, 15) is 5.11 Å². The van der Waals surface area contributed by atoms with Crippen LogP contribution in [0.25, 0.3) is 0 Å². The van der Waals surface area contributed by atoms with Gasteiger partial charge >= 0.3 is 0 Å². The molecule has 112 valence electrons. The van der Waals surface area contributed by atoms with Gasteiger partial charge in [-0.1, -0.05) is 35.3 Å². The molecule has 0 amide bonds. The van der Waals surface area contributed by atoms with E-state index in [-0.39, 0.29) is 5.75 Å². The van der Waals surface area contributed by atoms with Gasteiger partial charge in [0, 0.05) is 28.2 Å². The minimum atomic E-state index is 0.228. The maximum Gasteiger partial charge on any atom is 0.123 e. The third-order valence-electron chi connectivity index (χ3n) is 3.19. The molecule has 0 fully saturated rings. The molecule has 0 aliphatic heterocycles. The molecule has 0 aliphatic carbocycles. The number of halogens is 2. The van der Waals surface area contributed by atoms with Crippen LogP contribution >= 0.6 is 23.2 Å². The zero-order valence-electron chi connectivity index (χ0n) is 11.7. The minimum absolute atomic E-state index is 0.228. The van der Waals surface area contributed by atoms with Crippen molar-refractivity contribution in [3.8, 4) is 11.5 Å². The Labute approximate surface area is 134 Å². The first-order valence-electron chi connectivity index (χ1n) is 6.60. The molecule has 0 spiro atoms. The fourth-order valence-electron chi connectivity index (χ4n) is 1.99. The van der Waals surface area contributed by atoms with Crippen molar-refractivity contribution < 1.29 is 9.84 Å². The third kappa shape index (κ3) is 4.53. The molecule has 0 heterocycles. The Hall–Kier alpha value is -1.42. The number of nitrogens with one attached hydrogen (secondary N) is 1. The van der Waals surface area contributed by atoms with Gasteiger partial charge in [0.15, 0.2) is 0 Å². The Kier molecular flexibility index (Phi) is 5.74. The first-order valence-corrected chi connectivity index (χ1v) is 7.36. The molecule has 21 heavy (non-hydrogen) atoms. The number of ether oxygens (including phenoxy) is 1. The summed E-state index contributed by atoms with van der Waals surface area (Å²) in [7, 11) is 1.57. The number of aromatic hydroxyl groups is 1. The van der Waals surface area contributed by atoms with Crippen LogP contribution in [0.5, 0.6) is 11.5 Å². The second kappa shape index (κ2) is 7.55. The van der Waals surface area contributed by atoms with Crippen molar-refractivity contribution in [2.75, 3.05) is 13.7 Å². The molecule has 5 heteroatoms. The van der Waals surface area contributed by atoms with E-state index in [1.54, 1.807) is 19.2 Å². The van der Waals surface area contributed by atoms with Crippen molar-refractivity contribution in [2.45, 2.75) is 13.0 Å². The Morgan fingerprint density at radius 1 is 1.10 bits per heavy atom. The fourth-order valence-corrected chi connectivity index (χ4v) is 2.49. The largest absolute Gasteiger partial charge is 0.507 e. The van der Waals surface area contributed by atoms with Crippen LogP contribution in [-0.2, 0) is 13.0 Å². The topological polar surface area (TPSA) is 41.5 Å². The van der Waals surface area contributed by atoms with E-state index >= 15 is 0 Å². The van der Waals surface area contributed by atoms with Gasteiger partial charge in [-0.05, 0) is 36.7 Å². The van der Waals surface area contributed by atoms with E-state index in [4.69, 9.17) is 27.9 Å². The lowest BCUT2D eigenvalue weighted by atomic mass is 10.1. The van der Waals surface area contributed by atoms with Crippen LogP contribution < -0.4 is 10.1 Å². The summed E-state index contributed by atoms with van der Waals surface area (Å²) in [6.07, 6.45) is 0.799. The molecule has 0 unspecified atom stereocenters. The molecular formula is C16H17Cl2NO2. The van der Waals surface area contributed by atoms with E-state index in [1.807, 2.05) is 24.3 Å². The van der Waals surface area contributed by atoms with Crippen LogP contribution in [0.2, 0.25) is 10.0 Å². The third-order valence-corrected chi connectivity index (χ3v) is 3.78. The number of methoxy groups -OCH3 is 1. The molecule has 0 radical (unpaired) electrons. The van der Waals surface area contributed by atoms with Crippen molar-refractivity contribution in [2.24, 2.45) is 0 Å². The quantitative estimate of drug-likeness (QED) is 0.787. The van der Waals surface area contributed by atoms with Gasteiger partial charge < -0.3 is 15.2 Å². The van der Waals surface area contributed by atoms with Gasteiger partial charge in [-0.15, -0.1) is 0 Å². The molecule has 2 rings (SSSR count). The number of phenols is 1. The van der Waals surface area contributed by atoms with Gasteiger partial charge in [0.2, 0.25) is 0 Å². The van der Waals surface area contributed by atoms with E-state index in [0.29, 0.717) is 22.3 Å². The molecule has 2 aromatic carbocycles. The van der Waals surface area contributed by atoms with Gasteiger partial charge in [-0.3, -0.25) is 0 Å². The molecule has 3 nitrogen and oxygen atoms in total. The van der Waals surface area contributed by atoms with Crippen molar-refractivity contribution in [1.29, 1.82) is 0 Å². The lowest BCUT2D eigenvalue weighted by molar-refractivity contribution is 0.406. The van der Waals surface area contributed by atoms with E-state index in [2.05, 4.69) is 5.32 Å². The highest BCUT2D eigenvalue weighted by Crippen LogP contribution is 2.23. The highest BCUT2D eigenvalue weighted by Gasteiger charge is 2.04. The second-order valence-electron chi connectivity index (χ2n) is 4.66. The van der Waals surface area contributed by atoms with Crippen molar-refractivity contribution in [3.63, 3.8) is 0 Å². The van der Waals surface area contributed by atoms with Crippen LogP contribution in [0.4, 0.5) is 0 Å². The maximum atomic E-state index is 9.86. The zero-order valence-corrected chi connectivity index (χ0v) is 13.2. The summed E-state index contributed by atoms with van der Waals surface area (Å²) in [5.74, 6) is 0.871. The van der Waals surface area contributed by atoms with Crippen LogP contribution in [-0.4, -0.2) is 18.8 Å². The van der Waals surface area contributed by atoms with Gasteiger partial charge in [0.1, 0.15) is 11.5 Å². The average molecular weight is 326 g/mol. The molecule has 2 aromatic rings. The number of phenolic OH excluding ortho intramolecular Hbond substituents is 1. The summed E-state index contributed by atoms with van der Waals surface area (Å²) in [5.41, 5.74) is 1.88. The van der Waals surface area contributed by atoms with Crippen LogP contribution in [0.3, 0.4) is 0 Å². The number of hydrogen-bond acceptors (Lipinski definition) is 3. The second-order valence-corrected chi connectivity index (χ2v) is 5.50. The van der Waals surface area contributed by atoms with E-state index < -0.39 is 0 Å². The molecular weight excluding hydrogens is 309 g/mol. The van der Waals surface area contributed by atoms with Crippen molar-refractivity contribution >= 4 is 23.2 Å². The summed E-state index contributed by atoms with van der Waals surface area (Å²) in [4.78, 5) is 0. The summed E-state index contributed by atoms with van der Waals surface area (Å²) >= 11 is 12.0. The van der Waals surface area contributed by atoms with Crippen LogP contribution in [0.1, 0.15) is 11.1 Å². The maximum absolute atomic E-state index is 9.86. The summed E-state index contributed by atoms with van der Waals surface area (Å²) in [6.45, 7) is 1.34. The van der Waals surface area contributed by atoms with Crippen molar-refractivity contribution in [3.05, 3.63) is 57.6 Å². The normalized spacial score (nSPS) is 10.6. The number of rotatable bonds is 6.